The maximum Gasteiger partial charge on any atom is 0.381 e. The highest BCUT2D eigenvalue weighted by Crippen LogP contribution is 2.25. The van der Waals surface area contributed by atoms with E-state index in [9.17, 15) is 26.9 Å². The van der Waals surface area contributed by atoms with E-state index in [-0.39, 0.29) is 6.42 Å². The fourth-order valence-electron chi connectivity index (χ4n) is 2.07. The molecular weight excluding hydrogens is 351 g/mol. The zero-order chi connectivity index (χ0) is 18.5. The van der Waals surface area contributed by atoms with Gasteiger partial charge in [0, 0.05) is 6.61 Å². The van der Waals surface area contributed by atoms with E-state index in [1.54, 1.807) is 0 Å². The van der Waals surface area contributed by atoms with E-state index >= 15 is 0 Å². The third kappa shape index (κ3) is 5.16. The Balaban J connectivity index is 2.67. The van der Waals surface area contributed by atoms with Crippen molar-refractivity contribution in [3.8, 4) is 0 Å². The Labute approximate surface area is 137 Å². The number of hydrogen-bond acceptors (Lipinski definition) is 2. The van der Waals surface area contributed by atoms with Gasteiger partial charge in [-0.3, -0.25) is 0 Å². The number of anilines is 1. The molecule has 24 heavy (non-hydrogen) atoms. The first kappa shape index (κ1) is 20.4. The Morgan fingerprint density at radius 1 is 1.17 bits per heavy atom. The predicted octanol–water partition coefficient (Wildman–Crippen LogP) is 4.73. The van der Waals surface area contributed by atoms with Crippen LogP contribution < -0.4 is 5.12 Å². The topological polar surface area (TPSA) is 32.8 Å². The molecule has 0 heterocycles. The number of benzene rings is 1. The average molecular weight is 370 g/mol. The van der Waals surface area contributed by atoms with Gasteiger partial charge in [-0.15, -0.1) is 5.12 Å². The summed E-state index contributed by atoms with van der Waals surface area (Å²) in [7, 11) is -1.98. The monoisotopic (exact) mass is 370 g/mol. The molecule has 0 aliphatic heterocycles. The van der Waals surface area contributed by atoms with Gasteiger partial charge in [-0.05, 0) is 44.6 Å². The third-order valence-corrected chi connectivity index (χ3v) is 5.90. The number of carbonyl (C=O) groups is 1. The van der Waals surface area contributed by atoms with Crippen LogP contribution in [0.25, 0.3) is 0 Å². The van der Waals surface area contributed by atoms with Crippen molar-refractivity contribution in [3.05, 3.63) is 29.6 Å². The van der Waals surface area contributed by atoms with Crippen molar-refractivity contribution in [1.29, 1.82) is 0 Å². The predicted molar refractivity (Wildman–Crippen MR) is 81.6 cm³/mol. The maximum atomic E-state index is 13.8. The van der Waals surface area contributed by atoms with Crippen LogP contribution in [-0.2, 0) is 4.43 Å². The summed E-state index contributed by atoms with van der Waals surface area (Å²) in [5.41, 5.74) is -1.20. The molecule has 0 unspecified atom stereocenters. The zero-order valence-corrected chi connectivity index (χ0v) is 14.6. The largest absolute Gasteiger partial charge is 0.418 e. The quantitative estimate of drug-likeness (QED) is 0.301. The lowest BCUT2D eigenvalue weighted by Crippen LogP contribution is -2.36. The summed E-state index contributed by atoms with van der Waals surface area (Å²) in [5, 5.41) is -1.35. The summed E-state index contributed by atoms with van der Waals surface area (Å²) in [6.45, 7) is 5.74. The molecule has 0 saturated heterocycles. The molecule has 0 aliphatic carbocycles. The van der Waals surface area contributed by atoms with Crippen LogP contribution in [0.4, 0.5) is 32.6 Å². The molecule has 136 valence electrons. The Bertz CT molecular complexity index is 589. The fraction of sp³-hybridized carbons (Fsp3) is 0.500. The van der Waals surface area contributed by atoms with Crippen molar-refractivity contribution in [2.24, 2.45) is 0 Å². The van der Waals surface area contributed by atoms with Gasteiger partial charge in [0.05, 0.1) is 6.54 Å². The van der Waals surface area contributed by atoms with Crippen LogP contribution in [0, 0.1) is 17.5 Å². The van der Waals surface area contributed by atoms with Crippen LogP contribution in [0.1, 0.15) is 13.3 Å². The summed E-state index contributed by atoms with van der Waals surface area (Å²) < 4.78 is 72.3. The molecule has 0 fully saturated rings. The molecule has 0 atom stereocenters. The zero-order valence-electron chi connectivity index (χ0n) is 13.6. The minimum absolute atomic E-state index is 0.218. The van der Waals surface area contributed by atoms with Gasteiger partial charge >= 0.3 is 6.03 Å². The molecule has 10 heteroatoms. The van der Waals surface area contributed by atoms with E-state index in [1.165, 1.54) is 0 Å². The van der Waals surface area contributed by atoms with Crippen LogP contribution in [-0.4, -0.2) is 32.6 Å². The number of amides is 2. The van der Waals surface area contributed by atoms with Crippen molar-refractivity contribution in [2.45, 2.75) is 32.5 Å². The van der Waals surface area contributed by atoms with Crippen LogP contribution in [0.2, 0.25) is 19.1 Å². The number of halogens is 5. The summed E-state index contributed by atoms with van der Waals surface area (Å²) in [6, 6.07) is -0.354. The Hall–Kier alpha value is -1.68. The van der Waals surface area contributed by atoms with Gasteiger partial charge in [-0.1, -0.05) is 8.96 Å². The average Bonchev–Trinajstić information content (AvgIpc) is 2.51. The van der Waals surface area contributed by atoms with Gasteiger partial charge in [-0.25, -0.2) is 18.0 Å². The van der Waals surface area contributed by atoms with E-state index in [0.29, 0.717) is 24.8 Å². The first-order valence-electron chi connectivity index (χ1n) is 7.31. The van der Waals surface area contributed by atoms with Gasteiger partial charge in [0.25, 0.3) is 0 Å². The minimum Gasteiger partial charge on any atom is -0.418 e. The number of urea groups is 1. The highest BCUT2D eigenvalue weighted by Gasteiger charge is 2.28. The lowest BCUT2D eigenvalue weighted by Gasteiger charge is -2.23. The van der Waals surface area contributed by atoms with Crippen LogP contribution in [0.15, 0.2) is 12.1 Å². The van der Waals surface area contributed by atoms with Crippen LogP contribution in [0.5, 0.6) is 0 Å². The second-order valence-electron chi connectivity index (χ2n) is 5.64. The molecule has 1 aromatic carbocycles. The summed E-state index contributed by atoms with van der Waals surface area (Å²) in [5.74, 6) is -5.40. The molecule has 0 aliphatic rings. The first-order chi connectivity index (χ1) is 11.1. The smallest absolute Gasteiger partial charge is 0.381 e. The van der Waals surface area contributed by atoms with Gasteiger partial charge in [0.15, 0.2) is 25.8 Å². The normalized spacial score (nSPS) is 11.5. The van der Waals surface area contributed by atoms with Crippen molar-refractivity contribution < 1.29 is 31.4 Å². The van der Waals surface area contributed by atoms with Crippen LogP contribution >= 0.6 is 0 Å². The molecule has 0 aromatic heterocycles. The summed E-state index contributed by atoms with van der Waals surface area (Å²) in [4.78, 5) is 11.6. The molecular formula is C14H19F5N2O2Si. The molecule has 0 saturated carbocycles. The highest BCUT2D eigenvalue weighted by atomic mass is 28.4. The van der Waals surface area contributed by atoms with E-state index in [1.807, 2.05) is 20.0 Å². The second-order valence-corrected chi connectivity index (χ2v) is 9.95. The molecule has 0 spiro atoms. The lowest BCUT2D eigenvalue weighted by molar-refractivity contribution is 0.0632. The maximum absolute atomic E-state index is 13.8. The van der Waals surface area contributed by atoms with Gasteiger partial charge in [-0.2, -0.15) is 5.12 Å². The minimum atomic E-state index is -1.98. The van der Waals surface area contributed by atoms with Crippen molar-refractivity contribution in [2.75, 3.05) is 18.3 Å². The van der Waals surface area contributed by atoms with E-state index in [2.05, 4.69) is 0 Å². The number of nitrogens with zero attached hydrogens (tertiary/aromatic N) is 2. The van der Waals surface area contributed by atoms with Crippen molar-refractivity contribution in [3.63, 3.8) is 0 Å². The molecule has 0 N–H and O–H groups in total. The third-order valence-electron chi connectivity index (χ3n) is 3.27. The van der Waals surface area contributed by atoms with E-state index < -0.39 is 54.3 Å². The SMILES string of the molecule is CCO[Si](C)(C)CCCN(F)C(=O)N(F)c1ccc(F)c(F)c1F. The van der Waals surface area contributed by atoms with Crippen LogP contribution in [0.3, 0.4) is 0 Å². The Kier molecular flexibility index (Phi) is 7.15. The van der Waals surface area contributed by atoms with Crippen molar-refractivity contribution >= 4 is 20.0 Å². The van der Waals surface area contributed by atoms with Gasteiger partial charge < -0.3 is 4.43 Å². The lowest BCUT2D eigenvalue weighted by atomic mass is 10.3. The second kappa shape index (κ2) is 8.43. The van der Waals surface area contributed by atoms with Gasteiger partial charge in [0.1, 0.15) is 5.69 Å². The standard InChI is InChI=1S/C14H19F5N2O2Si/c1-4-23-24(2,3)9-5-8-20(18)14(22)21(19)11-7-6-10(15)12(16)13(11)17/h6-7H,4-5,8-9H2,1-3H3. The van der Waals surface area contributed by atoms with Gasteiger partial charge in [0.2, 0.25) is 0 Å². The Morgan fingerprint density at radius 3 is 2.38 bits per heavy atom. The number of rotatable bonds is 7. The fourth-order valence-corrected chi connectivity index (χ4v) is 4.00. The number of carbonyl (C=O) groups excluding carboxylic acids is 1. The number of hydrogen-bond donors (Lipinski definition) is 0. The first-order valence-corrected chi connectivity index (χ1v) is 10.4. The molecule has 0 bridgehead atoms. The van der Waals surface area contributed by atoms with E-state index in [4.69, 9.17) is 4.43 Å². The molecule has 1 rings (SSSR count). The molecule has 0 radical (unpaired) electrons. The molecule has 2 amide bonds. The molecule has 4 nitrogen and oxygen atoms in total. The molecule has 1 aromatic rings. The Morgan fingerprint density at radius 2 is 1.79 bits per heavy atom. The summed E-state index contributed by atoms with van der Waals surface area (Å²) in [6.07, 6.45) is 0.218. The van der Waals surface area contributed by atoms with Crippen molar-refractivity contribution in [1.82, 2.24) is 5.12 Å². The summed E-state index contributed by atoms with van der Waals surface area (Å²) >= 11 is 0. The van der Waals surface area contributed by atoms with E-state index in [0.717, 1.165) is 0 Å². The highest BCUT2D eigenvalue weighted by molar-refractivity contribution is 6.71.